The van der Waals surface area contributed by atoms with Crippen LogP contribution in [-0.2, 0) is 4.74 Å². The molecule has 2 aliphatic rings. The van der Waals surface area contributed by atoms with Gasteiger partial charge in [-0.15, -0.1) is 0 Å². The SMILES string of the molecule is COC[C@H]1CC2(CCN(C(=O)c3ccncc3)CC2)CN1C(C)C. The lowest BCUT2D eigenvalue weighted by atomic mass is 9.76. The van der Waals surface area contributed by atoms with Crippen LogP contribution < -0.4 is 0 Å². The van der Waals surface area contributed by atoms with Crippen molar-refractivity contribution in [1.82, 2.24) is 14.8 Å². The molecule has 0 N–H and O–H groups in total. The molecular formula is C19H29N3O2. The highest BCUT2D eigenvalue weighted by Gasteiger charge is 2.46. The van der Waals surface area contributed by atoms with Crippen LogP contribution in [0.1, 0.15) is 43.5 Å². The number of methoxy groups -OCH3 is 1. The van der Waals surface area contributed by atoms with Crippen LogP contribution in [0.25, 0.3) is 0 Å². The summed E-state index contributed by atoms with van der Waals surface area (Å²) in [5.41, 5.74) is 1.09. The lowest BCUT2D eigenvalue weighted by Gasteiger charge is -2.39. The first-order valence-corrected chi connectivity index (χ1v) is 8.99. The normalized spacial score (nSPS) is 24.0. The van der Waals surface area contributed by atoms with E-state index >= 15 is 0 Å². The number of likely N-dealkylation sites (tertiary alicyclic amines) is 2. The zero-order valence-corrected chi connectivity index (χ0v) is 15.1. The Bertz CT molecular complexity index is 553. The molecule has 1 atom stereocenters. The Kier molecular flexibility index (Phi) is 5.21. The summed E-state index contributed by atoms with van der Waals surface area (Å²) >= 11 is 0. The molecule has 2 saturated heterocycles. The molecule has 0 aromatic carbocycles. The van der Waals surface area contributed by atoms with Crippen molar-refractivity contribution in [3.63, 3.8) is 0 Å². The second kappa shape index (κ2) is 7.19. The van der Waals surface area contributed by atoms with Gasteiger partial charge in [0.2, 0.25) is 0 Å². The molecule has 2 aliphatic heterocycles. The predicted octanol–water partition coefficient (Wildman–Crippen LogP) is 2.43. The van der Waals surface area contributed by atoms with Crippen LogP contribution in [0.4, 0.5) is 0 Å². The summed E-state index contributed by atoms with van der Waals surface area (Å²) in [6.07, 6.45) is 6.74. The standard InChI is InChI=1S/C19H29N3O2/c1-15(2)22-14-19(12-17(22)13-24-3)6-10-21(11-7-19)18(23)16-4-8-20-9-5-16/h4-5,8-9,15,17H,6-7,10-14H2,1-3H3/t17-/m1/s1. The van der Waals surface area contributed by atoms with E-state index in [-0.39, 0.29) is 5.91 Å². The number of pyridine rings is 1. The summed E-state index contributed by atoms with van der Waals surface area (Å²) in [5, 5.41) is 0. The lowest BCUT2D eigenvalue weighted by Crippen LogP contribution is -2.44. The molecule has 132 valence electrons. The Labute approximate surface area is 145 Å². The summed E-state index contributed by atoms with van der Waals surface area (Å²) in [6, 6.07) is 4.66. The molecule has 1 aromatic heterocycles. The first kappa shape index (κ1) is 17.4. The highest BCUT2D eigenvalue weighted by atomic mass is 16.5. The number of hydrogen-bond donors (Lipinski definition) is 0. The van der Waals surface area contributed by atoms with Crippen LogP contribution in [0, 0.1) is 5.41 Å². The van der Waals surface area contributed by atoms with E-state index in [0.29, 0.717) is 17.5 Å². The van der Waals surface area contributed by atoms with Crippen LogP contribution >= 0.6 is 0 Å². The average Bonchev–Trinajstić information content (AvgIpc) is 2.94. The van der Waals surface area contributed by atoms with Crippen LogP contribution in [0.15, 0.2) is 24.5 Å². The van der Waals surface area contributed by atoms with E-state index < -0.39 is 0 Å². The van der Waals surface area contributed by atoms with Gasteiger partial charge in [0.1, 0.15) is 0 Å². The highest BCUT2D eigenvalue weighted by molar-refractivity contribution is 5.94. The van der Waals surface area contributed by atoms with Gasteiger partial charge >= 0.3 is 0 Å². The molecule has 0 radical (unpaired) electrons. The molecule has 1 spiro atoms. The maximum Gasteiger partial charge on any atom is 0.253 e. The molecule has 2 fully saturated rings. The van der Waals surface area contributed by atoms with Gasteiger partial charge in [-0.1, -0.05) is 0 Å². The maximum absolute atomic E-state index is 12.6. The Morgan fingerprint density at radius 1 is 1.33 bits per heavy atom. The molecule has 3 rings (SSSR count). The van der Waals surface area contributed by atoms with Crippen LogP contribution in [0.5, 0.6) is 0 Å². The summed E-state index contributed by atoms with van der Waals surface area (Å²) in [5.74, 6) is 0.138. The van der Waals surface area contributed by atoms with E-state index in [1.165, 1.54) is 6.42 Å². The molecule has 1 aromatic rings. The molecule has 0 unspecified atom stereocenters. The van der Waals surface area contributed by atoms with Gasteiger partial charge in [-0.2, -0.15) is 0 Å². The van der Waals surface area contributed by atoms with Gasteiger partial charge in [0, 0.05) is 56.8 Å². The maximum atomic E-state index is 12.6. The van der Waals surface area contributed by atoms with E-state index in [0.717, 1.165) is 44.6 Å². The number of rotatable bonds is 4. The Morgan fingerprint density at radius 2 is 2.00 bits per heavy atom. The van der Waals surface area contributed by atoms with E-state index in [1.54, 1.807) is 31.6 Å². The molecule has 1 amide bonds. The molecule has 5 heteroatoms. The summed E-state index contributed by atoms with van der Waals surface area (Å²) < 4.78 is 5.45. The minimum absolute atomic E-state index is 0.138. The van der Waals surface area contributed by atoms with E-state index in [9.17, 15) is 4.79 Å². The van der Waals surface area contributed by atoms with Gasteiger partial charge in [-0.05, 0) is 50.7 Å². The van der Waals surface area contributed by atoms with E-state index in [4.69, 9.17) is 4.74 Å². The molecule has 5 nitrogen and oxygen atoms in total. The van der Waals surface area contributed by atoms with Crippen LogP contribution in [0.2, 0.25) is 0 Å². The van der Waals surface area contributed by atoms with Crippen molar-refractivity contribution in [3.05, 3.63) is 30.1 Å². The fourth-order valence-electron chi connectivity index (χ4n) is 4.37. The van der Waals surface area contributed by atoms with Gasteiger partial charge in [0.15, 0.2) is 0 Å². The minimum Gasteiger partial charge on any atom is -0.383 e. The number of aromatic nitrogens is 1. The van der Waals surface area contributed by atoms with Crippen molar-refractivity contribution in [2.45, 2.75) is 45.2 Å². The highest BCUT2D eigenvalue weighted by Crippen LogP contribution is 2.44. The van der Waals surface area contributed by atoms with E-state index in [2.05, 4.69) is 23.7 Å². The lowest BCUT2D eigenvalue weighted by molar-refractivity contribution is 0.0581. The fourth-order valence-corrected chi connectivity index (χ4v) is 4.37. The topological polar surface area (TPSA) is 45.7 Å². The van der Waals surface area contributed by atoms with E-state index in [1.807, 2.05) is 4.90 Å². The van der Waals surface area contributed by atoms with Gasteiger partial charge < -0.3 is 9.64 Å². The zero-order valence-electron chi connectivity index (χ0n) is 15.1. The molecular weight excluding hydrogens is 302 g/mol. The zero-order chi connectivity index (χ0) is 17.2. The average molecular weight is 331 g/mol. The number of amides is 1. The quantitative estimate of drug-likeness (QED) is 0.850. The Morgan fingerprint density at radius 3 is 2.58 bits per heavy atom. The van der Waals surface area contributed by atoms with Gasteiger partial charge in [-0.3, -0.25) is 14.7 Å². The fraction of sp³-hybridized carbons (Fsp3) is 0.684. The number of carbonyl (C=O) groups is 1. The number of nitrogens with zero attached hydrogens (tertiary/aromatic N) is 3. The largest absolute Gasteiger partial charge is 0.383 e. The van der Waals surface area contributed by atoms with Crippen molar-refractivity contribution in [2.24, 2.45) is 5.41 Å². The van der Waals surface area contributed by atoms with Crippen molar-refractivity contribution < 1.29 is 9.53 Å². The Hall–Kier alpha value is -1.46. The van der Waals surface area contributed by atoms with Crippen LogP contribution in [0.3, 0.4) is 0 Å². The van der Waals surface area contributed by atoms with Crippen molar-refractivity contribution in [1.29, 1.82) is 0 Å². The third kappa shape index (κ3) is 3.47. The second-order valence-electron chi connectivity index (χ2n) is 7.61. The van der Waals surface area contributed by atoms with Crippen molar-refractivity contribution in [3.8, 4) is 0 Å². The van der Waals surface area contributed by atoms with Crippen LogP contribution in [-0.4, -0.2) is 66.1 Å². The van der Waals surface area contributed by atoms with Gasteiger partial charge in [-0.25, -0.2) is 0 Å². The molecule has 0 saturated carbocycles. The van der Waals surface area contributed by atoms with Crippen molar-refractivity contribution in [2.75, 3.05) is 33.4 Å². The summed E-state index contributed by atoms with van der Waals surface area (Å²) in [4.78, 5) is 21.2. The van der Waals surface area contributed by atoms with Gasteiger partial charge in [0.05, 0.1) is 6.61 Å². The number of piperidine rings is 1. The first-order chi connectivity index (χ1) is 11.5. The minimum atomic E-state index is 0.138. The molecule has 0 aliphatic carbocycles. The monoisotopic (exact) mass is 331 g/mol. The first-order valence-electron chi connectivity index (χ1n) is 8.99. The third-order valence-electron chi connectivity index (χ3n) is 5.72. The molecule has 24 heavy (non-hydrogen) atoms. The molecule has 0 bridgehead atoms. The number of carbonyl (C=O) groups excluding carboxylic acids is 1. The molecule has 3 heterocycles. The van der Waals surface area contributed by atoms with Gasteiger partial charge in [0.25, 0.3) is 5.91 Å². The number of ether oxygens (including phenoxy) is 1. The van der Waals surface area contributed by atoms with Crippen molar-refractivity contribution >= 4 is 5.91 Å². The third-order valence-corrected chi connectivity index (χ3v) is 5.72. The predicted molar refractivity (Wildman–Crippen MR) is 93.9 cm³/mol. The summed E-state index contributed by atoms with van der Waals surface area (Å²) in [6.45, 7) is 8.18. The number of hydrogen-bond acceptors (Lipinski definition) is 4. The smallest absolute Gasteiger partial charge is 0.253 e. The second-order valence-corrected chi connectivity index (χ2v) is 7.61. The Balaban J connectivity index is 1.63. The summed E-state index contributed by atoms with van der Waals surface area (Å²) in [7, 11) is 1.79.